The van der Waals surface area contributed by atoms with Crippen molar-refractivity contribution in [2.75, 3.05) is 19.7 Å². The second kappa shape index (κ2) is 8.81. The van der Waals surface area contributed by atoms with Crippen LogP contribution >= 0.6 is 23.2 Å². The van der Waals surface area contributed by atoms with Gasteiger partial charge in [-0.15, -0.1) is 0 Å². The van der Waals surface area contributed by atoms with E-state index in [1.54, 1.807) is 18.2 Å². The fraction of sp³-hybridized carbons (Fsp3) is 0.600. The van der Waals surface area contributed by atoms with Gasteiger partial charge < -0.3 is 20.3 Å². The molecule has 1 aromatic carbocycles. The van der Waals surface area contributed by atoms with Gasteiger partial charge in [0, 0.05) is 18.1 Å². The maximum Gasteiger partial charge on any atom is 0.138 e. The number of benzene rings is 1. The first kappa shape index (κ1) is 18.5. The first-order valence-corrected chi connectivity index (χ1v) is 7.85. The van der Waals surface area contributed by atoms with Crippen LogP contribution in [-0.2, 0) is 0 Å². The zero-order valence-corrected chi connectivity index (χ0v) is 13.9. The Labute approximate surface area is 136 Å². The van der Waals surface area contributed by atoms with Gasteiger partial charge in [0.05, 0.1) is 10.6 Å². The van der Waals surface area contributed by atoms with Crippen LogP contribution in [0.25, 0.3) is 0 Å². The van der Waals surface area contributed by atoms with Gasteiger partial charge in [-0.3, -0.25) is 0 Å². The number of ether oxygens (including phenoxy) is 1. The Hall–Kier alpha value is -0.520. The predicted molar refractivity (Wildman–Crippen MR) is 86.4 cm³/mol. The first-order valence-electron chi connectivity index (χ1n) is 7.09. The molecule has 21 heavy (non-hydrogen) atoms. The summed E-state index contributed by atoms with van der Waals surface area (Å²) < 4.78 is 5.45. The van der Waals surface area contributed by atoms with Crippen LogP contribution in [0, 0.1) is 0 Å². The molecule has 0 saturated carbocycles. The van der Waals surface area contributed by atoms with Crippen LogP contribution < -0.4 is 10.1 Å². The Morgan fingerprint density at radius 2 is 1.95 bits per heavy atom. The van der Waals surface area contributed by atoms with Gasteiger partial charge >= 0.3 is 0 Å². The highest BCUT2D eigenvalue weighted by Crippen LogP contribution is 2.27. The first-order chi connectivity index (χ1) is 9.90. The number of rotatable bonds is 9. The summed E-state index contributed by atoms with van der Waals surface area (Å²) in [5.74, 6) is 0.485. The predicted octanol–water partition coefficient (Wildman–Crippen LogP) is 2.87. The third kappa shape index (κ3) is 6.41. The minimum atomic E-state index is -0.722. The highest BCUT2D eigenvalue weighted by Gasteiger charge is 2.21. The summed E-state index contributed by atoms with van der Waals surface area (Å²) in [6.45, 7) is 4.78. The molecule has 1 unspecified atom stereocenters. The molecular weight excluding hydrogens is 313 g/mol. The lowest BCUT2D eigenvalue weighted by Crippen LogP contribution is -2.43. The van der Waals surface area contributed by atoms with E-state index in [0.29, 0.717) is 41.7 Å². The summed E-state index contributed by atoms with van der Waals surface area (Å²) in [7, 11) is 0. The van der Waals surface area contributed by atoms with Crippen molar-refractivity contribution in [2.24, 2.45) is 0 Å². The molecule has 0 heterocycles. The molecule has 0 saturated heterocycles. The molecule has 0 fully saturated rings. The Balaban J connectivity index is 2.32. The van der Waals surface area contributed by atoms with Gasteiger partial charge in [-0.25, -0.2) is 0 Å². The number of aliphatic hydroxyl groups is 2. The quantitative estimate of drug-likeness (QED) is 0.649. The van der Waals surface area contributed by atoms with E-state index >= 15 is 0 Å². The molecule has 3 N–H and O–H groups in total. The topological polar surface area (TPSA) is 61.7 Å². The third-order valence-corrected chi connectivity index (χ3v) is 4.01. The van der Waals surface area contributed by atoms with Crippen LogP contribution in [0.4, 0.5) is 0 Å². The van der Waals surface area contributed by atoms with Gasteiger partial charge in [0.25, 0.3) is 0 Å². The minimum absolute atomic E-state index is 0.116. The van der Waals surface area contributed by atoms with Crippen LogP contribution in [0.3, 0.4) is 0 Å². The SMILES string of the molecule is CCC(O)(CC)CNCC(O)COc1ccc(Cl)cc1Cl. The maximum absolute atomic E-state index is 10.1. The van der Waals surface area contributed by atoms with Crippen molar-refractivity contribution in [3.05, 3.63) is 28.2 Å². The Morgan fingerprint density at radius 1 is 1.29 bits per heavy atom. The number of halogens is 2. The second-order valence-corrected chi connectivity index (χ2v) is 5.95. The van der Waals surface area contributed by atoms with Crippen molar-refractivity contribution < 1.29 is 14.9 Å². The number of aliphatic hydroxyl groups excluding tert-OH is 1. The second-order valence-electron chi connectivity index (χ2n) is 5.10. The molecule has 0 aromatic heterocycles. The van der Waals surface area contributed by atoms with E-state index in [2.05, 4.69) is 5.32 Å². The van der Waals surface area contributed by atoms with E-state index in [4.69, 9.17) is 27.9 Å². The lowest BCUT2D eigenvalue weighted by Gasteiger charge is -2.26. The molecule has 0 bridgehead atoms. The lowest BCUT2D eigenvalue weighted by molar-refractivity contribution is 0.0270. The number of hydrogen-bond donors (Lipinski definition) is 3. The fourth-order valence-electron chi connectivity index (χ4n) is 1.81. The minimum Gasteiger partial charge on any atom is -0.489 e. The summed E-state index contributed by atoms with van der Waals surface area (Å²) in [5.41, 5.74) is -0.722. The molecule has 6 heteroatoms. The van der Waals surface area contributed by atoms with Crippen molar-refractivity contribution in [2.45, 2.75) is 38.4 Å². The summed E-state index contributed by atoms with van der Waals surface area (Å²) in [4.78, 5) is 0. The lowest BCUT2D eigenvalue weighted by atomic mass is 9.97. The Morgan fingerprint density at radius 3 is 2.52 bits per heavy atom. The zero-order chi connectivity index (χ0) is 15.9. The molecule has 0 aliphatic heterocycles. The van der Waals surface area contributed by atoms with Gasteiger partial charge in [0.1, 0.15) is 18.5 Å². The largest absolute Gasteiger partial charge is 0.489 e. The van der Waals surface area contributed by atoms with Gasteiger partial charge in [-0.2, -0.15) is 0 Å². The highest BCUT2D eigenvalue weighted by molar-refractivity contribution is 6.35. The van der Waals surface area contributed by atoms with Crippen LogP contribution in [0.2, 0.25) is 10.0 Å². The third-order valence-electron chi connectivity index (χ3n) is 3.48. The van der Waals surface area contributed by atoms with E-state index in [9.17, 15) is 10.2 Å². The van der Waals surface area contributed by atoms with E-state index in [-0.39, 0.29) is 6.61 Å². The highest BCUT2D eigenvalue weighted by atomic mass is 35.5. The Bertz CT molecular complexity index is 439. The Kier molecular flexibility index (Phi) is 7.77. The van der Waals surface area contributed by atoms with Crippen molar-refractivity contribution in [3.8, 4) is 5.75 Å². The smallest absolute Gasteiger partial charge is 0.138 e. The normalized spacial score (nSPS) is 13.2. The molecule has 1 rings (SSSR count). The summed E-state index contributed by atoms with van der Waals surface area (Å²) >= 11 is 11.8. The average Bonchev–Trinajstić information content (AvgIpc) is 2.46. The van der Waals surface area contributed by atoms with Crippen molar-refractivity contribution >= 4 is 23.2 Å². The summed E-state index contributed by atoms with van der Waals surface area (Å²) in [6, 6.07) is 4.93. The molecule has 4 nitrogen and oxygen atoms in total. The molecule has 1 atom stereocenters. The van der Waals surface area contributed by atoms with Gasteiger partial charge in [-0.1, -0.05) is 37.0 Å². The van der Waals surface area contributed by atoms with Gasteiger partial charge in [-0.05, 0) is 31.0 Å². The molecule has 0 amide bonds. The molecule has 0 aliphatic carbocycles. The van der Waals surface area contributed by atoms with Crippen LogP contribution in [-0.4, -0.2) is 41.6 Å². The number of nitrogens with one attached hydrogen (secondary N) is 1. The monoisotopic (exact) mass is 335 g/mol. The molecule has 0 spiro atoms. The molecule has 120 valence electrons. The van der Waals surface area contributed by atoms with Crippen molar-refractivity contribution in [3.63, 3.8) is 0 Å². The molecular formula is C15H23Cl2NO3. The zero-order valence-electron chi connectivity index (χ0n) is 12.4. The van der Waals surface area contributed by atoms with E-state index in [1.165, 1.54) is 0 Å². The summed E-state index contributed by atoms with van der Waals surface area (Å²) in [6.07, 6.45) is 0.655. The molecule has 1 aromatic rings. The average molecular weight is 336 g/mol. The van der Waals surface area contributed by atoms with Crippen LogP contribution in [0.1, 0.15) is 26.7 Å². The van der Waals surface area contributed by atoms with Crippen molar-refractivity contribution in [1.82, 2.24) is 5.32 Å². The van der Waals surface area contributed by atoms with Crippen LogP contribution in [0.15, 0.2) is 18.2 Å². The molecule has 0 aliphatic rings. The summed E-state index contributed by atoms with van der Waals surface area (Å²) in [5, 5.41) is 24.0. The molecule has 0 radical (unpaired) electrons. The van der Waals surface area contributed by atoms with E-state index in [0.717, 1.165) is 0 Å². The maximum atomic E-state index is 10.1. The van der Waals surface area contributed by atoms with Gasteiger partial charge in [0.15, 0.2) is 0 Å². The van der Waals surface area contributed by atoms with Gasteiger partial charge in [0.2, 0.25) is 0 Å². The standard InChI is InChI=1S/C15H23Cl2NO3/c1-3-15(20,4-2)10-18-8-12(19)9-21-14-6-5-11(16)7-13(14)17/h5-7,12,18-20H,3-4,8-10H2,1-2H3. The van der Waals surface area contributed by atoms with E-state index < -0.39 is 11.7 Å². The van der Waals surface area contributed by atoms with Crippen molar-refractivity contribution in [1.29, 1.82) is 0 Å². The fourth-order valence-corrected chi connectivity index (χ4v) is 2.27. The number of hydrogen-bond acceptors (Lipinski definition) is 4. The van der Waals surface area contributed by atoms with Crippen LogP contribution in [0.5, 0.6) is 5.75 Å². The van der Waals surface area contributed by atoms with E-state index in [1.807, 2.05) is 13.8 Å².